The van der Waals surface area contributed by atoms with Gasteiger partial charge in [-0.1, -0.05) is 13.0 Å². The van der Waals surface area contributed by atoms with Crippen molar-refractivity contribution in [1.82, 2.24) is 9.97 Å². The van der Waals surface area contributed by atoms with Crippen molar-refractivity contribution in [2.24, 2.45) is 4.99 Å². The van der Waals surface area contributed by atoms with Crippen molar-refractivity contribution < 1.29 is 31.8 Å². The second kappa shape index (κ2) is 9.61. The van der Waals surface area contributed by atoms with Gasteiger partial charge in [0, 0.05) is 35.5 Å². The largest absolute Gasteiger partial charge is 0.496 e. The summed E-state index contributed by atoms with van der Waals surface area (Å²) < 4.78 is 75.5. The van der Waals surface area contributed by atoms with Gasteiger partial charge in [0.2, 0.25) is 0 Å². The maximum atomic E-state index is 14.1. The highest BCUT2D eigenvalue weighted by Crippen LogP contribution is 2.42. The molecule has 0 radical (unpaired) electrons. The fourth-order valence-electron chi connectivity index (χ4n) is 3.83. The molecule has 34 heavy (non-hydrogen) atoms. The van der Waals surface area contributed by atoms with Crippen LogP contribution in [0.3, 0.4) is 0 Å². The lowest BCUT2D eigenvalue weighted by atomic mass is 9.83. The quantitative estimate of drug-likeness (QED) is 0.327. The van der Waals surface area contributed by atoms with E-state index in [9.17, 15) is 27.1 Å². The van der Waals surface area contributed by atoms with Crippen LogP contribution < -0.4 is 4.74 Å². The second-order valence-corrected chi connectivity index (χ2v) is 8.06. The third kappa shape index (κ3) is 5.01. The third-order valence-electron chi connectivity index (χ3n) is 5.74. The molecule has 0 aliphatic heterocycles. The second-order valence-electron chi connectivity index (χ2n) is 8.06. The van der Waals surface area contributed by atoms with Crippen LogP contribution in [0.2, 0.25) is 0 Å². The number of aromatic nitrogens is 2. The standard InChI is InChI=1S/C24H24F5N3O2/c1-5-15(17-6-7-19(26)13(2)22(17)34-4)10-23(33,24(27,28)29)12-31-20-8-16(25)9-21-18(20)11-30-14(3)32-21/h6-9,11-12,15,33H,5,10H2,1-4H3/t15-,23-/m1/s1. The molecule has 1 aromatic heterocycles. The number of ether oxygens (including phenoxy) is 1. The third-order valence-corrected chi connectivity index (χ3v) is 5.74. The molecule has 3 rings (SSSR count). The van der Waals surface area contributed by atoms with Crippen LogP contribution in [0.15, 0.2) is 35.5 Å². The van der Waals surface area contributed by atoms with E-state index in [0.29, 0.717) is 17.6 Å². The Labute approximate surface area is 193 Å². The average Bonchev–Trinajstić information content (AvgIpc) is 2.76. The molecule has 0 fully saturated rings. The summed E-state index contributed by atoms with van der Waals surface area (Å²) in [6, 6.07) is 4.56. The lowest BCUT2D eigenvalue weighted by Gasteiger charge is -2.31. The fraction of sp³-hybridized carbons (Fsp3) is 0.375. The maximum absolute atomic E-state index is 14.1. The number of methoxy groups -OCH3 is 1. The maximum Gasteiger partial charge on any atom is 0.422 e. The van der Waals surface area contributed by atoms with Crippen LogP contribution in [0, 0.1) is 25.5 Å². The smallest absolute Gasteiger partial charge is 0.422 e. The average molecular weight is 481 g/mol. The SMILES string of the molecule is CC[C@H](C[C@@](O)(C=Nc1cc(F)cc2nc(C)ncc12)C(F)(F)F)c1ccc(F)c(C)c1OC. The molecule has 0 saturated carbocycles. The number of rotatable bonds is 7. The zero-order valence-corrected chi connectivity index (χ0v) is 19.0. The predicted molar refractivity (Wildman–Crippen MR) is 119 cm³/mol. The highest BCUT2D eigenvalue weighted by Gasteiger charge is 2.53. The van der Waals surface area contributed by atoms with Crippen molar-refractivity contribution in [3.05, 3.63) is 59.0 Å². The van der Waals surface area contributed by atoms with Crippen molar-refractivity contribution in [1.29, 1.82) is 0 Å². The van der Waals surface area contributed by atoms with Crippen LogP contribution in [0.4, 0.5) is 27.6 Å². The minimum Gasteiger partial charge on any atom is -0.496 e. The van der Waals surface area contributed by atoms with Crippen LogP contribution in [0.1, 0.15) is 42.6 Å². The number of halogens is 5. The molecular formula is C24H24F5N3O2. The monoisotopic (exact) mass is 481 g/mol. The van der Waals surface area contributed by atoms with E-state index < -0.39 is 35.8 Å². The molecule has 0 saturated heterocycles. The van der Waals surface area contributed by atoms with Crippen molar-refractivity contribution >= 4 is 22.8 Å². The number of hydrogen-bond acceptors (Lipinski definition) is 5. The summed E-state index contributed by atoms with van der Waals surface area (Å²) in [5.74, 6) is -1.67. The normalized spacial score (nSPS) is 15.0. The lowest BCUT2D eigenvalue weighted by molar-refractivity contribution is -0.232. The summed E-state index contributed by atoms with van der Waals surface area (Å²) >= 11 is 0. The Bertz CT molecular complexity index is 1220. The molecular weight excluding hydrogens is 457 g/mol. The van der Waals surface area contributed by atoms with Gasteiger partial charge in [-0.3, -0.25) is 4.99 Å². The number of alkyl halides is 3. The summed E-state index contributed by atoms with van der Waals surface area (Å²) in [7, 11) is 1.30. The Morgan fingerprint density at radius 3 is 2.50 bits per heavy atom. The molecule has 0 bridgehead atoms. The molecule has 1 N–H and O–H groups in total. The number of aliphatic imine (C=N–C) groups is 1. The van der Waals surface area contributed by atoms with Crippen molar-refractivity contribution in [3.63, 3.8) is 0 Å². The zero-order chi connectivity index (χ0) is 25.3. The Balaban J connectivity index is 2.06. The van der Waals surface area contributed by atoms with Gasteiger partial charge >= 0.3 is 6.18 Å². The molecule has 5 nitrogen and oxygen atoms in total. The van der Waals surface area contributed by atoms with E-state index in [-0.39, 0.29) is 34.3 Å². The molecule has 0 amide bonds. The van der Waals surface area contributed by atoms with Crippen LogP contribution in [-0.4, -0.2) is 40.2 Å². The topological polar surface area (TPSA) is 67.6 Å². The zero-order valence-electron chi connectivity index (χ0n) is 19.0. The summed E-state index contributed by atoms with van der Waals surface area (Å²) in [6.45, 7) is 4.70. The van der Waals surface area contributed by atoms with Crippen molar-refractivity contribution in [3.8, 4) is 5.75 Å². The Kier molecular flexibility index (Phi) is 7.21. The number of nitrogens with zero attached hydrogens (tertiary/aromatic N) is 3. The van der Waals surface area contributed by atoms with Gasteiger partial charge in [0.25, 0.3) is 0 Å². The molecule has 10 heteroatoms. The first-order chi connectivity index (χ1) is 15.9. The first kappa shape index (κ1) is 25.5. The molecule has 2 aromatic carbocycles. The molecule has 0 spiro atoms. The Hall–Kier alpha value is -3.14. The number of aliphatic hydroxyl groups is 1. The van der Waals surface area contributed by atoms with Gasteiger partial charge in [0.1, 0.15) is 23.2 Å². The highest BCUT2D eigenvalue weighted by atomic mass is 19.4. The summed E-state index contributed by atoms with van der Waals surface area (Å²) in [6.07, 6.45) is -4.00. The van der Waals surface area contributed by atoms with Gasteiger partial charge in [0.05, 0.1) is 18.3 Å². The Morgan fingerprint density at radius 2 is 1.88 bits per heavy atom. The van der Waals surface area contributed by atoms with Gasteiger partial charge in [0.15, 0.2) is 5.60 Å². The van der Waals surface area contributed by atoms with E-state index in [0.717, 1.165) is 18.2 Å². The number of benzene rings is 2. The van der Waals surface area contributed by atoms with Crippen LogP contribution in [0.5, 0.6) is 5.75 Å². The summed E-state index contributed by atoms with van der Waals surface area (Å²) in [4.78, 5) is 11.9. The molecule has 182 valence electrons. The van der Waals surface area contributed by atoms with Crippen molar-refractivity contribution in [2.45, 2.75) is 51.3 Å². The number of aryl methyl sites for hydroxylation is 1. The van der Waals surface area contributed by atoms with Gasteiger partial charge in [-0.25, -0.2) is 18.7 Å². The van der Waals surface area contributed by atoms with Crippen LogP contribution in [0.25, 0.3) is 10.9 Å². The van der Waals surface area contributed by atoms with E-state index in [2.05, 4.69) is 15.0 Å². The molecule has 0 unspecified atom stereocenters. The van der Waals surface area contributed by atoms with E-state index in [1.54, 1.807) is 13.8 Å². The van der Waals surface area contributed by atoms with Gasteiger partial charge in [-0.15, -0.1) is 0 Å². The first-order valence-electron chi connectivity index (χ1n) is 10.5. The minimum atomic E-state index is -5.09. The fourth-order valence-corrected chi connectivity index (χ4v) is 3.83. The Morgan fingerprint density at radius 1 is 1.18 bits per heavy atom. The highest BCUT2D eigenvalue weighted by molar-refractivity contribution is 5.91. The van der Waals surface area contributed by atoms with Gasteiger partial charge in [-0.05, 0) is 44.2 Å². The van der Waals surface area contributed by atoms with Gasteiger partial charge < -0.3 is 9.84 Å². The summed E-state index contributed by atoms with van der Waals surface area (Å²) in [5.41, 5.74) is -2.84. The minimum absolute atomic E-state index is 0.122. The van der Waals surface area contributed by atoms with E-state index in [1.165, 1.54) is 26.3 Å². The summed E-state index contributed by atoms with van der Waals surface area (Å²) in [5, 5.41) is 11.0. The molecule has 2 atom stereocenters. The lowest BCUT2D eigenvalue weighted by Crippen LogP contribution is -2.47. The number of fused-ring (bicyclic) bond motifs is 1. The predicted octanol–water partition coefficient (Wildman–Crippen LogP) is 6.11. The molecule has 3 aromatic rings. The molecule has 0 aliphatic carbocycles. The van der Waals surface area contributed by atoms with E-state index >= 15 is 0 Å². The molecule has 1 heterocycles. The van der Waals surface area contributed by atoms with E-state index in [1.807, 2.05) is 0 Å². The molecule has 0 aliphatic rings. The first-order valence-corrected chi connectivity index (χ1v) is 10.5. The van der Waals surface area contributed by atoms with Crippen LogP contribution >= 0.6 is 0 Å². The van der Waals surface area contributed by atoms with Gasteiger partial charge in [-0.2, -0.15) is 13.2 Å². The van der Waals surface area contributed by atoms with E-state index in [4.69, 9.17) is 4.74 Å². The number of hydrogen-bond donors (Lipinski definition) is 1. The van der Waals surface area contributed by atoms with Crippen molar-refractivity contribution in [2.75, 3.05) is 7.11 Å². The van der Waals surface area contributed by atoms with Crippen LogP contribution in [-0.2, 0) is 0 Å².